The van der Waals surface area contributed by atoms with Crippen LogP contribution in [-0.4, -0.2) is 10.9 Å². The van der Waals surface area contributed by atoms with Gasteiger partial charge in [0.05, 0.1) is 20.5 Å². The normalized spacial score (nSPS) is 10.1. The van der Waals surface area contributed by atoms with Gasteiger partial charge >= 0.3 is 5.97 Å². The zero-order valence-corrected chi connectivity index (χ0v) is 11.4. The van der Waals surface area contributed by atoms with Gasteiger partial charge in [-0.05, 0) is 24.3 Å². The number of nitro groups is 1. The SMILES string of the molecule is O=C(Oc1ccc([N+](=O)[O-])cc1)c1c(Cl)cccc1Cl. The van der Waals surface area contributed by atoms with Crippen LogP contribution in [-0.2, 0) is 0 Å². The highest BCUT2D eigenvalue weighted by Gasteiger charge is 2.17. The number of benzene rings is 2. The second-order valence-corrected chi connectivity index (χ2v) is 4.55. The molecule has 102 valence electrons. The van der Waals surface area contributed by atoms with Gasteiger partial charge in [-0.15, -0.1) is 0 Å². The number of halogens is 2. The Morgan fingerprint density at radius 3 is 2.10 bits per heavy atom. The number of hydrogen-bond acceptors (Lipinski definition) is 4. The molecule has 2 aromatic carbocycles. The molecule has 0 radical (unpaired) electrons. The largest absolute Gasteiger partial charge is 0.423 e. The van der Waals surface area contributed by atoms with Crippen LogP contribution in [0.3, 0.4) is 0 Å². The van der Waals surface area contributed by atoms with E-state index < -0.39 is 10.9 Å². The molecule has 0 fully saturated rings. The number of hydrogen-bond donors (Lipinski definition) is 0. The smallest absolute Gasteiger partial charge is 0.346 e. The summed E-state index contributed by atoms with van der Waals surface area (Å²) in [6.45, 7) is 0. The van der Waals surface area contributed by atoms with E-state index in [1.54, 1.807) is 6.07 Å². The molecule has 0 amide bonds. The summed E-state index contributed by atoms with van der Waals surface area (Å²) in [6, 6.07) is 9.74. The van der Waals surface area contributed by atoms with E-state index in [1.807, 2.05) is 0 Å². The predicted molar refractivity (Wildman–Crippen MR) is 74.5 cm³/mol. The van der Waals surface area contributed by atoms with Crippen molar-refractivity contribution in [1.82, 2.24) is 0 Å². The molecule has 0 unspecified atom stereocenters. The highest BCUT2D eigenvalue weighted by atomic mass is 35.5. The predicted octanol–water partition coefficient (Wildman–Crippen LogP) is 4.12. The van der Waals surface area contributed by atoms with Crippen LogP contribution in [0.5, 0.6) is 5.75 Å². The molecule has 0 spiro atoms. The Balaban J connectivity index is 2.21. The van der Waals surface area contributed by atoms with Crippen LogP contribution >= 0.6 is 23.2 Å². The number of ether oxygens (including phenoxy) is 1. The van der Waals surface area contributed by atoms with Crippen LogP contribution in [0.15, 0.2) is 42.5 Å². The Morgan fingerprint density at radius 1 is 1.05 bits per heavy atom. The summed E-state index contributed by atoms with van der Waals surface area (Å²) < 4.78 is 5.07. The number of esters is 1. The third kappa shape index (κ3) is 3.07. The van der Waals surface area contributed by atoms with Crippen molar-refractivity contribution in [2.24, 2.45) is 0 Å². The molecule has 0 bridgehead atoms. The highest BCUT2D eigenvalue weighted by molar-refractivity contribution is 6.39. The third-order valence-electron chi connectivity index (χ3n) is 2.42. The lowest BCUT2D eigenvalue weighted by atomic mass is 10.2. The molecule has 0 aliphatic carbocycles. The summed E-state index contributed by atoms with van der Waals surface area (Å²) in [5.41, 5.74) is -0.0465. The first-order chi connectivity index (χ1) is 9.49. The van der Waals surface area contributed by atoms with Gasteiger partial charge in [0.15, 0.2) is 0 Å². The number of nitro benzene ring substituents is 1. The van der Waals surface area contributed by atoms with Gasteiger partial charge in [-0.25, -0.2) is 4.79 Å². The van der Waals surface area contributed by atoms with E-state index in [4.69, 9.17) is 27.9 Å². The Morgan fingerprint density at radius 2 is 1.60 bits per heavy atom. The zero-order chi connectivity index (χ0) is 14.7. The fourth-order valence-electron chi connectivity index (χ4n) is 1.49. The quantitative estimate of drug-likeness (QED) is 0.370. The van der Waals surface area contributed by atoms with Crippen molar-refractivity contribution in [2.75, 3.05) is 0 Å². The minimum atomic E-state index is -0.727. The van der Waals surface area contributed by atoms with Crippen LogP contribution in [0, 0.1) is 10.1 Å². The minimum absolute atomic E-state index is 0.0502. The van der Waals surface area contributed by atoms with Gasteiger partial charge < -0.3 is 4.74 Å². The van der Waals surface area contributed by atoms with E-state index >= 15 is 0 Å². The van der Waals surface area contributed by atoms with Crippen molar-refractivity contribution in [3.63, 3.8) is 0 Å². The monoisotopic (exact) mass is 311 g/mol. The third-order valence-corrected chi connectivity index (χ3v) is 3.05. The van der Waals surface area contributed by atoms with Crippen LogP contribution in [0.1, 0.15) is 10.4 Å². The fourth-order valence-corrected chi connectivity index (χ4v) is 2.04. The number of nitrogens with zero attached hydrogens (tertiary/aromatic N) is 1. The summed E-state index contributed by atoms with van der Waals surface area (Å²) >= 11 is 11.8. The lowest BCUT2D eigenvalue weighted by Crippen LogP contribution is -2.09. The maximum atomic E-state index is 11.9. The van der Waals surface area contributed by atoms with Gasteiger partial charge in [-0.1, -0.05) is 29.3 Å². The Kier molecular flexibility index (Phi) is 4.22. The Labute approximate surface area is 123 Å². The van der Waals surface area contributed by atoms with Gasteiger partial charge in [0.25, 0.3) is 5.69 Å². The molecule has 0 atom stereocenters. The number of carbonyl (C=O) groups is 1. The van der Waals surface area contributed by atoms with Gasteiger partial charge in [-0.3, -0.25) is 10.1 Å². The molecule has 2 rings (SSSR count). The standard InChI is InChI=1S/C13H7Cl2NO4/c14-10-2-1-3-11(15)12(10)13(17)20-9-6-4-8(5-7-9)16(18)19/h1-7H. The van der Waals surface area contributed by atoms with Gasteiger partial charge in [0.2, 0.25) is 0 Å². The summed E-state index contributed by atoms with van der Waals surface area (Å²) in [6.07, 6.45) is 0. The van der Waals surface area contributed by atoms with Crippen molar-refractivity contribution in [3.05, 3.63) is 68.2 Å². The molecule has 2 aromatic rings. The van der Waals surface area contributed by atoms with E-state index in [2.05, 4.69) is 0 Å². The van der Waals surface area contributed by atoms with Crippen molar-refractivity contribution >= 4 is 34.9 Å². The Hall–Kier alpha value is -2.11. The molecule has 0 aromatic heterocycles. The molecule has 0 aliphatic rings. The molecule has 7 heteroatoms. The average molecular weight is 312 g/mol. The van der Waals surface area contributed by atoms with Crippen molar-refractivity contribution in [1.29, 1.82) is 0 Å². The molecule has 0 saturated heterocycles. The highest BCUT2D eigenvalue weighted by Crippen LogP contribution is 2.26. The molecular weight excluding hydrogens is 305 g/mol. The molecule has 0 aliphatic heterocycles. The van der Waals surface area contributed by atoms with Gasteiger partial charge in [0.1, 0.15) is 5.75 Å². The first-order valence-corrected chi connectivity index (χ1v) is 6.15. The summed E-state index contributed by atoms with van der Waals surface area (Å²) in [5, 5.41) is 10.8. The first-order valence-electron chi connectivity index (χ1n) is 5.39. The van der Waals surface area contributed by atoms with E-state index in [9.17, 15) is 14.9 Å². The average Bonchev–Trinajstić information content (AvgIpc) is 2.39. The molecule has 5 nitrogen and oxygen atoms in total. The number of rotatable bonds is 3. The van der Waals surface area contributed by atoms with E-state index in [-0.39, 0.29) is 27.0 Å². The summed E-state index contributed by atoms with van der Waals surface area (Å²) in [5.74, 6) is -0.564. The molecule has 0 N–H and O–H groups in total. The summed E-state index contributed by atoms with van der Waals surface area (Å²) in [4.78, 5) is 21.9. The van der Waals surface area contributed by atoms with Crippen molar-refractivity contribution < 1.29 is 14.5 Å². The number of carbonyl (C=O) groups excluding carboxylic acids is 1. The zero-order valence-electron chi connectivity index (χ0n) is 9.88. The van der Waals surface area contributed by atoms with Crippen LogP contribution in [0.25, 0.3) is 0 Å². The first kappa shape index (κ1) is 14.3. The maximum Gasteiger partial charge on any atom is 0.346 e. The van der Waals surface area contributed by atoms with E-state index in [1.165, 1.54) is 36.4 Å². The molecule has 20 heavy (non-hydrogen) atoms. The molecule has 0 saturated carbocycles. The van der Waals surface area contributed by atoms with E-state index in [0.29, 0.717) is 0 Å². The molecule has 0 heterocycles. The van der Waals surface area contributed by atoms with Crippen molar-refractivity contribution in [3.8, 4) is 5.75 Å². The van der Waals surface area contributed by atoms with Crippen LogP contribution in [0.2, 0.25) is 10.0 Å². The van der Waals surface area contributed by atoms with Crippen LogP contribution in [0.4, 0.5) is 5.69 Å². The topological polar surface area (TPSA) is 69.4 Å². The second kappa shape index (κ2) is 5.90. The fraction of sp³-hybridized carbons (Fsp3) is 0. The van der Waals surface area contributed by atoms with E-state index in [0.717, 1.165) is 0 Å². The van der Waals surface area contributed by atoms with Gasteiger partial charge in [0, 0.05) is 12.1 Å². The lowest BCUT2D eigenvalue weighted by molar-refractivity contribution is -0.384. The lowest BCUT2D eigenvalue weighted by Gasteiger charge is -2.07. The maximum absolute atomic E-state index is 11.9. The summed E-state index contributed by atoms with van der Waals surface area (Å²) in [7, 11) is 0. The second-order valence-electron chi connectivity index (χ2n) is 3.74. The number of non-ortho nitro benzene ring substituents is 1. The van der Waals surface area contributed by atoms with Crippen LogP contribution < -0.4 is 4.74 Å². The molecular formula is C13H7Cl2NO4. The Bertz CT molecular complexity index is 650. The van der Waals surface area contributed by atoms with Crippen molar-refractivity contribution in [2.45, 2.75) is 0 Å². The minimum Gasteiger partial charge on any atom is -0.423 e. The van der Waals surface area contributed by atoms with Gasteiger partial charge in [-0.2, -0.15) is 0 Å².